The monoisotopic (exact) mass is 438 g/mol. The molecular weight excluding hydrogens is 412 g/mol. The number of methoxy groups -OCH3 is 1. The minimum atomic E-state index is -0.434. The summed E-state index contributed by atoms with van der Waals surface area (Å²) in [6.07, 6.45) is 0.555. The van der Waals surface area contributed by atoms with Crippen LogP contribution in [0.4, 0.5) is 6.01 Å². The Balaban J connectivity index is 1.57. The van der Waals surface area contributed by atoms with Crippen LogP contribution in [0.3, 0.4) is 0 Å². The van der Waals surface area contributed by atoms with Crippen molar-refractivity contribution in [1.82, 2.24) is 15.5 Å². The highest BCUT2D eigenvalue weighted by atomic mass is 32.2. The topological polar surface area (TPSA) is 80.5 Å². The van der Waals surface area contributed by atoms with Crippen molar-refractivity contribution < 1.29 is 13.9 Å². The first-order valence-electron chi connectivity index (χ1n) is 10.3. The van der Waals surface area contributed by atoms with E-state index in [2.05, 4.69) is 20.4 Å². The molecule has 1 aliphatic rings. The first-order chi connectivity index (χ1) is 15.1. The maximum atomic E-state index is 13.1. The van der Waals surface area contributed by atoms with Crippen molar-refractivity contribution >= 4 is 23.7 Å². The lowest BCUT2D eigenvalue weighted by atomic mass is 10.0. The van der Waals surface area contributed by atoms with Gasteiger partial charge >= 0.3 is 6.01 Å². The van der Waals surface area contributed by atoms with Crippen LogP contribution in [0.15, 0.2) is 52.9 Å². The SMILES string of the molecule is COc1ccc(C(=O)N[C@H](Cc2ccccc2)c2nnc(N3CCSCC3)o2)c(C)c1. The fourth-order valence-corrected chi connectivity index (χ4v) is 4.46. The summed E-state index contributed by atoms with van der Waals surface area (Å²) >= 11 is 1.92. The van der Waals surface area contributed by atoms with Crippen molar-refractivity contribution in [3.05, 3.63) is 71.1 Å². The molecule has 0 bridgehead atoms. The molecule has 0 spiro atoms. The Labute approximate surface area is 186 Å². The van der Waals surface area contributed by atoms with Crippen molar-refractivity contribution in [1.29, 1.82) is 0 Å². The smallest absolute Gasteiger partial charge is 0.318 e. The fraction of sp³-hybridized carbons (Fsp3) is 0.348. The molecule has 1 aromatic heterocycles. The number of nitrogens with zero attached hydrogens (tertiary/aromatic N) is 3. The summed E-state index contributed by atoms with van der Waals surface area (Å²) in [4.78, 5) is 15.2. The second-order valence-corrected chi connectivity index (χ2v) is 8.64. The molecule has 162 valence electrons. The summed E-state index contributed by atoms with van der Waals surface area (Å²) in [6, 6.07) is 15.5. The zero-order chi connectivity index (χ0) is 21.6. The number of aromatic nitrogens is 2. The van der Waals surface area contributed by atoms with Gasteiger partial charge in [-0.15, -0.1) is 5.10 Å². The van der Waals surface area contributed by atoms with Crippen LogP contribution in [0.25, 0.3) is 0 Å². The highest BCUT2D eigenvalue weighted by Gasteiger charge is 2.25. The van der Waals surface area contributed by atoms with E-state index in [1.54, 1.807) is 19.2 Å². The lowest BCUT2D eigenvalue weighted by molar-refractivity contribution is 0.0929. The van der Waals surface area contributed by atoms with Crippen LogP contribution in [0.5, 0.6) is 5.75 Å². The van der Waals surface area contributed by atoms with Gasteiger partial charge in [-0.3, -0.25) is 4.79 Å². The summed E-state index contributed by atoms with van der Waals surface area (Å²) in [5.41, 5.74) is 2.51. The van der Waals surface area contributed by atoms with Crippen LogP contribution in [-0.4, -0.2) is 47.8 Å². The van der Waals surface area contributed by atoms with Gasteiger partial charge in [-0.25, -0.2) is 0 Å². The van der Waals surface area contributed by atoms with Gasteiger partial charge in [0.15, 0.2) is 0 Å². The molecule has 4 rings (SSSR count). The lowest BCUT2D eigenvalue weighted by Gasteiger charge is -2.24. The molecule has 0 aliphatic carbocycles. The average Bonchev–Trinajstić information content (AvgIpc) is 3.30. The van der Waals surface area contributed by atoms with Crippen molar-refractivity contribution in [2.45, 2.75) is 19.4 Å². The van der Waals surface area contributed by atoms with E-state index >= 15 is 0 Å². The van der Waals surface area contributed by atoms with Crippen molar-refractivity contribution in [3.8, 4) is 5.75 Å². The van der Waals surface area contributed by atoms with E-state index < -0.39 is 6.04 Å². The van der Waals surface area contributed by atoms with Gasteiger partial charge in [-0.2, -0.15) is 11.8 Å². The Bertz CT molecular complexity index is 1020. The number of hydrogen-bond donors (Lipinski definition) is 1. The summed E-state index contributed by atoms with van der Waals surface area (Å²) < 4.78 is 11.3. The summed E-state index contributed by atoms with van der Waals surface area (Å²) in [6.45, 7) is 3.66. The largest absolute Gasteiger partial charge is 0.497 e. The Morgan fingerprint density at radius 1 is 1.19 bits per heavy atom. The molecule has 2 aromatic carbocycles. The molecule has 3 aromatic rings. The highest BCUT2D eigenvalue weighted by Crippen LogP contribution is 2.24. The number of benzene rings is 2. The summed E-state index contributed by atoms with van der Waals surface area (Å²) in [7, 11) is 1.61. The first-order valence-corrected chi connectivity index (χ1v) is 11.4. The third kappa shape index (κ3) is 5.19. The molecule has 7 nitrogen and oxygen atoms in total. The number of nitrogens with one attached hydrogen (secondary N) is 1. The minimum absolute atomic E-state index is 0.185. The Kier molecular flexibility index (Phi) is 6.76. The zero-order valence-corrected chi connectivity index (χ0v) is 18.5. The fourth-order valence-electron chi connectivity index (χ4n) is 3.55. The second-order valence-electron chi connectivity index (χ2n) is 7.42. The molecule has 1 fully saturated rings. The molecule has 1 aliphatic heterocycles. The number of carbonyl (C=O) groups is 1. The molecule has 0 radical (unpaired) electrons. The van der Waals surface area contributed by atoms with Crippen LogP contribution < -0.4 is 15.0 Å². The molecule has 0 unspecified atom stereocenters. The molecule has 1 N–H and O–H groups in total. The number of aryl methyl sites for hydroxylation is 1. The number of ether oxygens (including phenoxy) is 1. The van der Waals surface area contributed by atoms with Gasteiger partial charge < -0.3 is 19.4 Å². The van der Waals surface area contributed by atoms with Gasteiger partial charge in [-0.1, -0.05) is 35.4 Å². The Morgan fingerprint density at radius 2 is 1.97 bits per heavy atom. The van der Waals surface area contributed by atoms with Crippen molar-refractivity contribution in [3.63, 3.8) is 0 Å². The van der Waals surface area contributed by atoms with E-state index in [0.29, 0.717) is 23.9 Å². The normalized spacial score (nSPS) is 14.8. The summed E-state index contributed by atoms with van der Waals surface area (Å²) in [5, 5.41) is 11.6. The molecule has 0 saturated carbocycles. The molecule has 8 heteroatoms. The maximum absolute atomic E-state index is 13.1. The number of thioether (sulfide) groups is 1. The van der Waals surface area contributed by atoms with Crippen molar-refractivity contribution in [2.24, 2.45) is 0 Å². The maximum Gasteiger partial charge on any atom is 0.318 e. The molecule has 1 atom stereocenters. The van der Waals surface area contributed by atoms with Gasteiger partial charge in [0.25, 0.3) is 5.91 Å². The summed E-state index contributed by atoms with van der Waals surface area (Å²) in [5.74, 6) is 3.03. The van der Waals surface area contributed by atoms with Gasteiger partial charge in [-0.05, 0) is 36.2 Å². The first kappa shape index (κ1) is 21.2. The Hall–Kier alpha value is -3.00. The van der Waals surface area contributed by atoms with Gasteiger partial charge in [0, 0.05) is 36.6 Å². The number of amides is 1. The lowest BCUT2D eigenvalue weighted by Crippen LogP contribution is -2.32. The number of rotatable bonds is 7. The van der Waals surface area contributed by atoms with Crippen LogP contribution in [0.2, 0.25) is 0 Å². The molecule has 31 heavy (non-hydrogen) atoms. The predicted molar refractivity (Wildman–Crippen MR) is 122 cm³/mol. The third-order valence-electron chi connectivity index (χ3n) is 5.28. The number of carbonyl (C=O) groups excluding carboxylic acids is 1. The second kappa shape index (κ2) is 9.87. The van der Waals surface area contributed by atoms with E-state index in [4.69, 9.17) is 9.15 Å². The molecule has 2 heterocycles. The third-order valence-corrected chi connectivity index (χ3v) is 6.22. The van der Waals surface area contributed by atoms with Crippen LogP contribution in [-0.2, 0) is 6.42 Å². The number of anilines is 1. The minimum Gasteiger partial charge on any atom is -0.497 e. The molecule has 1 amide bonds. The van der Waals surface area contributed by atoms with Crippen LogP contribution in [0.1, 0.15) is 33.4 Å². The molecular formula is C23H26N4O3S. The van der Waals surface area contributed by atoms with Crippen LogP contribution >= 0.6 is 11.8 Å². The zero-order valence-electron chi connectivity index (χ0n) is 17.7. The average molecular weight is 439 g/mol. The van der Waals surface area contributed by atoms with E-state index in [-0.39, 0.29) is 5.91 Å². The predicted octanol–water partition coefficient (Wildman–Crippen LogP) is 3.65. The van der Waals surface area contributed by atoms with Crippen LogP contribution in [0, 0.1) is 6.92 Å². The highest BCUT2D eigenvalue weighted by molar-refractivity contribution is 7.99. The standard InChI is InChI=1S/C23H26N4O3S/c1-16-14-18(29-2)8-9-19(16)21(28)24-20(15-17-6-4-3-5-7-17)22-25-26-23(30-22)27-10-12-31-13-11-27/h3-9,14,20H,10-13,15H2,1-2H3,(H,24,28)/t20-/m1/s1. The number of hydrogen-bond acceptors (Lipinski definition) is 7. The van der Waals surface area contributed by atoms with E-state index in [9.17, 15) is 4.79 Å². The van der Waals surface area contributed by atoms with Gasteiger partial charge in [0.2, 0.25) is 5.89 Å². The van der Waals surface area contributed by atoms with E-state index in [1.807, 2.05) is 55.1 Å². The Morgan fingerprint density at radius 3 is 2.68 bits per heavy atom. The van der Waals surface area contributed by atoms with Gasteiger partial charge in [0.05, 0.1) is 7.11 Å². The van der Waals surface area contributed by atoms with Gasteiger partial charge in [0.1, 0.15) is 11.8 Å². The quantitative estimate of drug-likeness (QED) is 0.603. The van der Waals surface area contributed by atoms with E-state index in [0.717, 1.165) is 41.5 Å². The van der Waals surface area contributed by atoms with E-state index in [1.165, 1.54) is 0 Å². The van der Waals surface area contributed by atoms with Crippen molar-refractivity contribution in [2.75, 3.05) is 36.6 Å². The molecule has 1 saturated heterocycles.